The molecule has 0 aliphatic rings. The zero-order valence-electron chi connectivity index (χ0n) is 13.4. The van der Waals surface area contributed by atoms with Crippen LogP contribution in [0.4, 0.5) is 0 Å². The van der Waals surface area contributed by atoms with Gasteiger partial charge >= 0.3 is 0 Å². The first-order valence-corrected chi connectivity index (χ1v) is 7.45. The van der Waals surface area contributed by atoms with E-state index in [1.807, 2.05) is 6.92 Å². The van der Waals surface area contributed by atoms with E-state index in [1.165, 1.54) is 6.08 Å². The van der Waals surface area contributed by atoms with Gasteiger partial charge in [0.2, 0.25) is 11.8 Å². The molecule has 0 aliphatic heterocycles. The van der Waals surface area contributed by atoms with Crippen molar-refractivity contribution >= 4 is 17.6 Å². The molecule has 8 N–H and O–H groups in total. The molecular weight excluding hydrogens is 298 g/mol. The summed E-state index contributed by atoms with van der Waals surface area (Å²) in [5.41, 5.74) is 11.0. The molecular formula is C15H27N5O3. The molecule has 130 valence electrons. The van der Waals surface area contributed by atoms with E-state index in [4.69, 9.17) is 16.9 Å². The van der Waals surface area contributed by atoms with Gasteiger partial charge in [-0.05, 0) is 13.3 Å². The van der Waals surface area contributed by atoms with Crippen LogP contribution >= 0.6 is 0 Å². The van der Waals surface area contributed by atoms with Crippen molar-refractivity contribution in [1.29, 1.82) is 5.41 Å². The lowest BCUT2D eigenvalue weighted by Gasteiger charge is -2.16. The Labute approximate surface area is 136 Å². The van der Waals surface area contributed by atoms with E-state index < -0.39 is 12.1 Å². The van der Waals surface area contributed by atoms with Gasteiger partial charge in [-0.1, -0.05) is 18.2 Å². The van der Waals surface area contributed by atoms with Crippen LogP contribution in [0.5, 0.6) is 0 Å². The smallest absolute Gasteiger partial charge is 0.244 e. The number of carbonyl (C=O) groups excluding carboxylic acids is 2. The maximum absolute atomic E-state index is 11.6. The average molecular weight is 325 g/mol. The summed E-state index contributed by atoms with van der Waals surface area (Å²) >= 11 is 0. The van der Waals surface area contributed by atoms with Gasteiger partial charge in [-0.25, -0.2) is 0 Å². The van der Waals surface area contributed by atoms with Gasteiger partial charge in [-0.2, -0.15) is 0 Å². The highest BCUT2D eigenvalue weighted by Crippen LogP contribution is 2.00. The maximum Gasteiger partial charge on any atom is 0.244 e. The first-order valence-electron chi connectivity index (χ1n) is 7.45. The first kappa shape index (κ1) is 20.8. The minimum absolute atomic E-state index is 0.00393. The van der Waals surface area contributed by atoms with Gasteiger partial charge in [0, 0.05) is 38.0 Å². The fraction of sp³-hybridized carbons (Fsp3) is 0.533. The van der Waals surface area contributed by atoms with Crippen molar-refractivity contribution in [2.45, 2.75) is 38.3 Å². The van der Waals surface area contributed by atoms with Crippen LogP contribution in [-0.2, 0) is 9.59 Å². The minimum Gasteiger partial charge on any atom is -0.391 e. The van der Waals surface area contributed by atoms with Crippen molar-refractivity contribution in [3.63, 3.8) is 0 Å². The zero-order chi connectivity index (χ0) is 17.7. The molecule has 0 saturated heterocycles. The molecule has 0 spiro atoms. The van der Waals surface area contributed by atoms with Gasteiger partial charge in [-0.3, -0.25) is 15.0 Å². The summed E-state index contributed by atoms with van der Waals surface area (Å²) in [6, 6.07) is -0.516. The summed E-state index contributed by atoms with van der Waals surface area (Å²) in [7, 11) is 0. The van der Waals surface area contributed by atoms with Crippen LogP contribution in [0.2, 0.25) is 0 Å². The zero-order valence-corrected chi connectivity index (χ0v) is 13.4. The van der Waals surface area contributed by atoms with Gasteiger partial charge in [-0.15, -0.1) is 0 Å². The fourth-order valence-electron chi connectivity index (χ4n) is 1.69. The molecule has 0 saturated carbocycles. The predicted molar refractivity (Wildman–Crippen MR) is 89.7 cm³/mol. The maximum atomic E-state index is 11.6. The van der Waals surface area contributed by atoms with E-state index in [0.29, 0.717) is 0 Å². The van der Waals surface area contributed by atoms with E-state index in [1.54, 1.807) is 18.2 Å². The Hall–Kier alpha value is -2.19. The van der Waals surface area contributed by atoms with E-state index >= 15 is 0 Å². The highest BCUT2D eigenvalue weighted by atomic mass is 16.3. The van der Waals surface area contributed by atoms with Crippen molar-refractivity contribution < 1.29 is 14.7 Å². The van der Waals surface area contributed by atoms with Crippen LogP contribution in [0, 0.1) is 5.41 Å². The Balaban J connectivity index is 3.91. The second-order valence-corrected chi connectivity index (χ2v) is 5.11. The summed E-state index contributed by atoms with van der Waals surface area (Å²) in [6.45, 7) is 2.19. The number of nitrogens with one attached hydrogen (secondary N) is 3. The Morgan fingerprint density at radius 3 is 2.61 bits per heavy atom. The monoisotopic (exact) mass is 325 g/mol. The molecule has 0 rings (SSSR count). The standard InChI is InChI=1S/C15H27N5O3/c1-2-3-4-5-14(22)20-10-12(21)8-11(16)9-15(23)19-7-6-13(17)18/h2-5,11-12,21H,6-10,16H2,1H3,(H3,17,18)(H,19,23)(H,20,22)/t11-,12-/m1/s1. The van der Waals surface area contributed by atoms with Crippen LogP contribution in [0.1, 0.15) is 26.2 Å². The molecule has 0 fully saturated rings. The topological polar surface area (TPSA) is 154 Å². The number of amidine groups is 1. The van der Waals surface area contributed by atoms with Crippen molar-refractivity contribution in [3.05, 3.63) is 24.3 Å². The highest BCUT2D eigenvalue weighted by molar-refractivity contribution is 5.87. The summed E-state index contributed by atoms with van der Waals surface area (Å²) in [5, 5.41) is 22.0. The van der Waals surface area contributed by atoms with Gasteiger partial charge < -0.3 is 27.2 Å². The van der Waals surface area contributed by atoms with Crippen LogP contribution in [0.15, 0.2) is 24.3 Å². The second-order valence-electron chi connectivity index (χ2n) is 5.11. The lowest BCUT2D eigenvalue weighted by molar-refractivity contribution is -0.121. The molecule has 8 heteroatoms. The molecule has 0 aromatic heterocycles. The molecule has 0 unspecified atom stereocenters. The van der Waals surface area contributed by atoms with Crippen molar-refractivity contribution in [2.24, 2.45) is 11.5 Å². The number of rotatable bonds is 11. The van der Waals surface area contributed by atoms with Gasteiger partial charge in [0.25, 0.3) is 0 Å². The van der Waals surface area contributed by atoms with E-state index in [2.05, 4.69) is 10.6 Å². The van der Waals surface area contributed by atoms with E-state index in [9.17, 15) is 14.7 Å². The second kappa shape index (κ2) is 12.4. The van der Waals surface area contributed by atoms with Gasteiger partial charge in [0.15, 0.2) is 0 Å². The van der Waals surface area contributed by atoms with Crippen molar-refractivity contribution in [2.75, 3.05) is 13.1 Å². The van der Waals surface area contributed by atoms with E-state index in [-0.39, 0.29) is 50.0 Å². The molecule has 0 heterocycles. The summed E-state index contributed by atoms with van der Waals surface area (Å²) in [5.74, 6) is -0.564. The van der Waals surface area contributed by atoms with Crippen LogP contribution in [0.25, 0.3) is 0 Å². The lowest BCUT2D eigenvalue weighted by Crippen LogP contribution is -2.38. The van der Waals surface area contributed by atoms with Crippen molar-refractivity contribution in [3.8, 4) is 0 Å². The number of nitrogens with two attached hydrogens (primary N) is 2. The third kappa shape index (κ3) is 13.2. The third-order valence-corrected chi connectivity index (χ3v) is 2.80. The highest BCUT2D eigenvalue weighted by Gasteiger charge is 2.14. The first-order chi connectivity index (χ1) is 10.8. The number of hydrogen-bond acceptors (Lipinski definition) is 5. The molecule has 23 heavy (non-hydrogen) atoms. The number of hydrogen-bond donors (Lipinski definition) is 6. The third-order valence-electron chi connectivity index (χ3n) is 2.80. The molecule has 0 aromatic carbocycles. The number of allylic oxidation sites excluding steroid dienone is 3. The molecule has 2 atom stereocenters. The largest absolute Gasteiger partial charge is 0.391 e. The Morgan fingerprint density at radius 2 is 2.00 bits per heavy atom. The molecule has 8 nitrogen and oxygen atoms in total. The summed E-state index contributed by atoms with van der Waals surface area (Å²) in [6.07, 6.45) is 6.18. The molecule has 0 radical (unpaired) electrons. The van der Waals surface area contributed by atoms with Crippen LogP contribution in [-0.4, -0.2) is 48.0 Å². The number of carbonyl (C=O) groups is 2. The number of aliphatic hydroxyl groups is 1. The van der Waals surface area contributed by atoms with E-state index in [0.717, 1.165) is 0 Å². The normalized spacial score (nSPS) is 13.9. The number of aliphatic hydroxyl groups excluding tert-OH is 1. The Bertz CT molecular complexity index is 448. The lowest BCUT2D eigenvalue weighted by atomic mass is 10.1. The molecule has 2 amide bonds. The molecule has 0 aliphatic carbocycles. The Morgan fingerprint density at radius 1 is 1.30 bits per heavy atom. The average Bonchev–Trinajstić information content (AvgIpc) is 2.44. The summed E-state index contributed by atoms with van der Waals surface area (Å²) < 4.78 is 0. The van der Waals surface area contributed by atoms with Crippen LogP contribution < -0.4 is 22.1 Å². The number of amides is 2. The van der Waals surface area contributed by atoms with Crippen molar-refractivity contribution in [1.82, 2.24) is 10.6 Å². The Kier molecular flexibility index (Phi) is 11.2. The SMILES string of the molecule is CC=CC=CC(=O)NC[C@H](O)C[C@@H](N)CC(=O)NCCC(=N)N. The minimum atomic E-state index is -0.825. The summed E-state index contributed by atoms with van der Waals surface area (Å²) in [4.78, 5) is 23.0. The molecule has 0 bridgehead atoms. The van der Waals surface area contributed by atoms with Gasteiger partial charge in [0.05, 0.1) is 11.9 Å². The van der Waals surface area contributed by atoms with Gasteiger partial charge in [0.1, 0.15) is 0 Å². The predicted octanol–water partition coefficient (Wildman–Crippen LogP) is -0.854. The molecule has 0 aromatic rings. The quantitative estimate of drug-likeness (QED) is 0.126. The fourth-order valence-corrected chi connectivity index (χ4v) is 1.69. The van der Waals surface area contributed by atoms with Crippen LogP contribution in [0.3, 0.4) is 0 Å².